The number of fused-ring (bicyclic) bond motifs is 4. The maximum absolute atomic E-state index is 14.1. The van der Waals surface area contributed by atoms with E-state index in [1.807, 2.05) is 12.1 Å². The van der Waals surface area contributed by atoms with Crippen LogP contribution in [-0.4, -0.2) is 64.5 Å². The van der Waals surface area contributed by atoms with Crippen molar-refractivity contribution in [3.63, 3.8) is 0 Å². The van der Waals surface area contributed by atoms with E-state index >= 15 is 0 Å². The molecular weight excluding hydrogens is 456 g/mol. The molecule has 6 rings (SSSR count). The lowest BCUT2D eigenvalue weighted by Gasteiger charge is -2.41. The Morgan fingerprint density at radius 2 is 1.92 bits per heavy atom. The normalized spacial score (nSPS) is 27.2. The van der Waals surface area contributed by atoms with E-state index in [0.29, 0.717) is 23.6 Å². The fraction of sp³-hybridized carbons (Fsp3) is 0.481. The topological polar surface area (TPSA) is 112 Å². The molecule has 9 heteroatoms. The van der Waals surface area contributed by atoms with Crippen LogP contribution in [0.5, 0.6) is 0 Å². The van der Waals surface area contributed by atoms with Gasteiger partial charge in [0.25, 0.3) is 5.91 Å². The summed E-state index contributed by atoms with van der Waals surface area (Å²) in [5.41, 5.74) is 4.16. The van der Waals surface area contributed by atoms with Crippen molar-refractivity contribution in [1.29, 1.82) is 0 Å². The van der Waals surface area contributed by atoms with Crippen molar-refractivity contribution in [3.8, 4) is 0 Å². The minimum Gasteiger partial charge on any atom is -0.383 e. The fourth-order valence-electron chi connectivity index (χ4n) is 6.47. The summed E-state index contributed by atoms with van der Waals surface area (Å²) < 4.78 is 5.52. The largest absolute Gasteiger partial charge is 0.383 e. The monoisotopic (exact) mass is 488 g/mol. The number of nitrogens with zero attached hydrogens (tertiary/aromatic N) is 3. The summed E-state index contributed by atoms with van der Waals surface area (Å²) in [7, 11) is 1.73. The van der Waals surface area contributed by atoms with E-state index in [1.54, 1.807) is 25.3 Å². The Labute approximate surface area is 210 Å². The van der Waals surface area contributed by atoms with Crippen LogP contribution in [0.15, 0.2) is 42.5 Å². The molecule has 0 bridgehead atoms. The molecule has 5 atom stereocenters. The van der Waals surface area contributed by atoms with Gasteiger partial charge in [0.15, 0.2) is 0 Å². The number of methoxy groups -OCH3 is 1. The Morgan fingerprint density at radius 1 is 1.08 bits per heavy atom. The molecule has 36 heavy (non-hydrogen) atoms. The molecular formula is C27H32N6O3. The zero-order valence-electron chi connectivity index (χ0n) is 20.4. The number of ether oxygens (including phenoxy) is 1. The molecule has 9 nitrogen and oxygen atoms in total. The van der Waals surface area contributed by atoms with Crippen LogP contribution in [0.4, 0.5) is 5.69 Å². The Hall–Kier alpha value is -3.46. The Balaban J connectivity index is 1.23. The van der Waals surface area contributed by atoms with Gasteiger partial charge in [-0.2, -0.15) is 15.4 Å². The van der Waals surface area contributed by atoms with E-state index in [0.717, 1.165) is 49.9 Å². The van der Waals surface area contributed by atoms with Gasteiger partial charge in [-0.25, -0.2) is 0 Å². The molecule has 1 saturated carbocycles. The number of carbonyl (C=O) groups is 2. The third-order valence-corrected chi connectivity index (χ3v) is 8.19. The van der Waals surface area contributed by atoms with Gasteiger partial charge in [-0.3, -0.25) is 9.59 Å². The number of aromatic nitrogens is 3. The highest BCUT2D eigenvalue weighted by Crippen LogP contribution is 2.47. The van der Waals surface area contributed by atoms with Crippen LogP contribution >= 0.6 is 0 Å². The molecule has 3 aliphatic rings. The molecule has 1 aromatic heterocycles. The van der Waals surface area contributed by atoms with Crippen LogP contribution in [0.1, 0.15) is 54.1 Å². The molecule has 0 unspecified atom stereocenters. The van der Waals surface area contributed by atoms with Gasteiger partial charge in [-0.05, 0) is 49.1 Å². The number of nitrogens with one attached hydrogen (secondary N) is 3. The summed E-state index contributed by atoms with van der Waals surface area (Å²) in [6.45, 7) is 1.33. The highest BCUT2D eigenvalue weighted by Gasteiger charge is 2.48. The predicted octanol–water partition coefficient (Wildman–Crippen LogP) is 3.28. The molecule has 1 saturated heterocycles. The standard InChI is InChI=1S/C27H32N6O3/c1-36-15-24-18-12-13-33(25(18)17-6-2-4-8-20(17)28-24)27(35)19-7-3-5-9-21(19)29-26(34)16-10-11-22-23(14-16)31-32-30-22/h2,4,6,8,10-11,14,18-19,21,24-25,28H,3,5,7,9,12-13,15H2,1H3,(H,29,34)(H,30,31,32)/t18-,19+,21-,24-,25+/m1/s1. The van der Waals surface area contributed by atoms with Crippen molar-refractivity contribution >= 4 is 28.5 Å². The average molecular weight is 489 g/mol. The number of H-pyrrole nitrogens is 1. The van der Waals surface area contributed by atoms with Crippen LogP contribution in [-0.2, 0) is 9.53 Å². The smallest absolute Gasteiger partial charge is 0.251 e. The first-order valence-corrected chi connectivity index (χ1v) is 12.9. The molecule has 2 amide bonds. The lowest BCUT2D eigenvalue weighted by Crippen LogP contribution is -2.50. The molecule has 3 heterocycles. The first kappa shape index (κ1) is 23.0. The third-order valence-electron chi connectivity index (χ3n) is 8.19. The number of hydrogen-bond donors (Lipinski definition) is 3. The van der Waals surface area contributed by atoms with Crippen LogP contribution in [0.25, 0.3) is 11.0 Å². The van der Waals surface area contributed by atoms with E-state index < -0.39 is 0 Å². The summed E-state index contributed by atoms with van der Waals surface area (Å²) in [4.78, 5) is 29.3. The number of benzene rings is 2. The van der Waals surface area contributed by atoms with Gasteiger partial charge in [0.2, 0.25) is 5.91 Å². The molecule has 2 fully saturated rings. The second kappa shape index (κ2) is 9.54. The van der Waals surface area contributed by atoms with Crippen molar-refractivity contribution < 1.29 is 14.3 Å². The van der Waals surface area contributed by atoms with E-state index in [2.05, 4.69) is 43.1 Å². The van der Waals surface area contributed by atoms with E-state index in [-0.39, 0.29) is 35.9 Å². The SMILES string of the molecule is COC[C@H]1Nc2ccccc2[C@H]2[C@@H]1CCN2C(=O)[C@H]1CCCC[C@H]1NC(=O)c1ccc2n[nH]nc2c1. The molecule has 3 N–H and O–H groups in total. The van der Waals surface area contributed by atoms with Gasteiger partial charge in [0, 0.05) is 36.9 Å². The highest BCUT2D eigenvalue weighted by atomic mass is 16.5. The molecule has 3 aromatic rings. The minimum atomic E-state index is -0.222. The van der Waals surface area contributed by atoms with E-state index in [9.17, 15) is 9.59 Å². The van der Waals surface area contributed by atoms with Crippen molar-refractivity contribution in [2.24, 2.45) is 11.8 Å². The number of likely N-dealkylation sites (tertiary alicyclic amines) is 1. The van der Waals surface area contributed by atoms with Gasteiger partial charge in [0.1, 0.15) is 11.0 Å². The van der Waals surface area contributed by atoms with Gasteiger partial charge in [-0.15, -0.1) is 0 Å². The molecule has 1 aliphatic carbocycles. The van der Waals surface area contributed by atoms with Crippen molar-refractivity contribution in [2.45, 2.75) is 50.2 Å². The zero-order valence-corrected chi connectivity index (χ0v) is 20.4. The molecule has 188 valence electrons. The van der Waals surface area contributed by atoms with E-state index in [1.165, 1.54) is 5.56 Å². The number of rotatable bonds is 5. The van der Waals surface area contributed by atoms with Crippen LogP contribution in [0.3, 0.4) is 0 Å². The number of amides is 2. The first-order chi connectivity index (χ1) is 17.6. The number of para-hydroxylation sites is 1. The number of carbonyl (C=O) groups excluding carboxylic acids is 2. The van der Waals surface area contributed by atoms with Crippen LogP contribution < -0.4 is 10.6 Å². The van der Waals surface area contributed by atoms with Gasteiger partial charge in [-0.1, -0.05) is 31.0 Å². The quantitative estimate of drug-likeness (QED) is 0.508. The van der Waals surface area contributed by atoms with Crippen molar-refractivity contribution in [1.82, 2.24) is 25.6 Å². The number of aromatic amines is 1. The molecule has 0 spiro atoms. The number of hydrogen-bond acceptors (Lipinski definition) is 6. The van der Waals surface area contributed by atoms with Crippen molar-refractivity contribution in [3.05, 3.63) is 53.6 Å². The minimum absolute atomic E-state index is 0.0305. The second-order valence-electron chi connectivity index (χ2n) is 10.2. The maximum atomic E-state index is 14.1. The molecule has 2 aliphatic heterocycles. The molecule has 2 aromatic carbocycles. The first-order valence-electron chi connectivity index (χ1n) is 12.9. The predicted molar refractivity (Wildman–Crippen MR) is 135 cm³/mol. The Morgan fingerprint density at radius 3 is 2.81 bits per heavy atom. The highest BCUT2D eigenvalue weighted by molar-refractivity contribution is 5.97. The summed E-state index contributed by atoms with van der Waals surface area (Å²) in [6, 6.07) is 13.6. The lowest BCUT2D eigenvalue weighted by molar-refractivity contribution is -0.139. The summed E-state index contributed by atoms with van der Waals surface area (Å²) in [5, 5.41) is 17.6. The Kier molecular flexibility index (Phi) is 6.08. The summed E-state index contributed by atoms with van der Waals surface area (Å²) in [6.07, 6.45) is 4.54. The second-order valence-corrected chi connectivity index (χ2v) is 10.2. The van der Waals surface area contributed by atoms with E-state index in [4.69, 9.17) is 4.74 Å². The zero-order chi connectivity index (χ0) is 24.6. The van der Waals surface area contributed by atoms with Crippen molar-refractivity contribution in [2.75, 3.05) is 25.6 Å². The van der Waals surface area contributed by atoms with Gasteiger partial charge < -0.3 is 20.3 Å². The average Bonchev–Trinajstić information content (AvgIpc) is 3.56. The van der Waals surface area contributed by atoms with Crippen LogP contribution in [0, 0.1) is 11.8 Å². The lowest BCUT2D eigenvalue weighted by atomic mass is 9.81. The maximum Gasteiger partial charge on any atom is 0.251 e. The van der Waals surface area contributed by atoms with Crippen LogP contribution in [0.2, 0.25) is 0 Å². The summed E-state index contributed by atoms with van der Waals surface area (Å²) >= 11 is 0. The third kappa shape index (κ3) is 4.01. The van der Waals surface area contributed by atoms with Gasteiger partial charge >= 0.3 is 0 Å². The van der Waals surface area contributed by atoms with Gasteiger partial charge in [0.05, 0.1) is 24.6 Å². The summed E-state index contributed by atoms with van der Waals surface area (Å²) in [5.74, 6) is 0.0679. The fourth-order valence-corrected chi connectivity index (χ4v) is 6.47. The Bertz CT molecular complexity index is 1280. The number of anilines is 1. The molecule has 0 radical (unpaired) electrons.